The highest BCUT2D eigenvalue weighted by atomic mass is 32.1. The smallest absolute Gasteiger partial charge is 0.262 e. The molecule has 0 bridgehead atoms. The van der Waals surface area contributed by atoms with Crippen LogP contribution in [0.2, 0.25) is 0 Å². The Labute approximate surface area is 170 Å². The Morgan fingerprint density at radius 3 is 2.46 bits per heavy atom. The summed E-state index contributed by atoms with van der Waals surface area (Å²) in [5.41, 5.74) is 1.20. The SMILES string of the molecule is CCc1cc2c(=O)n(CCN(CC)CC)c(Cc3ccc(OC)cc3)nc2s1. The Hall–Kier alpha value is -2.18. The minimum atomic E-state index is 0.0802. The van der Waals surface area contributed by atoms with Crippen molar-refractivity contribution >= 4 is 21.6 Å². The van der Waals surface area contributed by atoms with Crippen molar-refractivity contribution in [2.45, 2.75) is 40.2 Å². The fraction of sp³-hybridized carbons (Fsp3) is 0.455. The largest absolute Gasteiger partial charge is 0.497 e. The summed E-state index contributed by atoms with van der Waals surface area (Å²) < 4.78 is 7.12. The predicted molar refractivity (Wildman–Crippen MR) is 117 cm³/mol. The van der Waals surface area contributed by atoms with Gasteiger partial charge in [-0.05, 0) is 43.3 Å². The number of hydrogen-bond donors (Lipinski definition) is 0. The van der Waals surface area contributed by atoms with Crippen molar-refractivity contribution in [3.05, 3.63) is 57.0 Å². The summed E-state index contributed by atoms with van der Waals surface area (Å²) in [5, 5.41) is 0.750. The zero-order chi connectivity index (χ0) is 20.1. The van der Waals surface area contributed by atoms with E-state index in [0.29, 0.717) is 13.0 Å². The molecule has 0 aliphatic heterocycles. The van der Waals surface area contributed by atoms with E-state index in [2.05, 4.69) is 25.7 Å². The third-order valence-electron chi connectivity index (χ3n) is 5.19. The second-order valence-corrected chi connectivity index (χ2v) is 7.94. The van der Waals surface area contributed by atoms with E-state index in [1.807, 2.05) is 34.9 Å². The molecule has 0 aliphatic carbocycles. The Kier molecular flexibility index (Phi) is 6.86. The van der Waals surface area contributed by atoms with Gasteiger partial charge in [-0.3, -0.25) is 9.36 Å². The quantitative estimate of drug-likeness (QED) is 0.546. The van der Waals surface area contributed by atoms with Gasteiger partial charge in [0, 0.05) is 24.4 Å². The molecule has 0 fully saturated rings. The van der Waals surface area contributed by atoms with Crippen LogP contribution in [0.15, 0.2) is 35.1 Å². The molecule has 5 nitrogen and oxygen atoms in total. The van der Waals surface area contributed by atoms with Crippen molar-refractivity contribution in [3.8, 4) is 5.75 Å². The zero-order valence-electron chi connectivity index (χ0n) is 17.2. The molecule has 0 radical (unpaired) electrons. The predicted octanol–water partition coefficient (Wildman–Crippen LogP) is 3.96. The molecule has 0 saturated heterocycles. The number of aryl methyl sites for hydroxylation is 1. The van der Waals surface area contributed by atoms with Gasteiger partial charge in [-0.1, -0.05) is 32.9 Å². The number of fused-ring (bicyclic) bond motifs is 1. The summed E-state index contributed by atoms with van der Waals surface area (Å²) in [6.45, 7) is 9.88. The molecule has 6 heteroatoms. The molecule has 28 heavy (non-hydrogen) atoms. The summed E-state index contributed by atoms with van der Waals surface area (Å²) in [6.07, 6.45) is 1.56. The fourth-order valence-corrected chi connectivity index (χ4v) is 4.33. The van der Waals surface area contributed by atoms with Crippen molar-refractivity contribution in [2.24, 2.45) is 0 Å². The number of methoxy groups -OCH3 is 1. The molecule has 0 saturated carbocycles. The second-order valence-electron chi connectivity index (χ2n) is 6.82. The lowest BCUT2D eigenvalue weighted by atomic mass is 10.1. The molecule has 3 rings (SSSR count). The Balaban J connectivity index is 2.01. The molecule has 3 aromatic rings. The molecule has 1 aromatic carbocycles. The van der Waals surface area contributed by atoms with Gasteiger partial charge in [0.1, 0.15) is 16.4 Å². The average Bonchev–Trinajstić information content (AvgIpc) is 3.14. The lowest BCUT2D eigenvalue weighted by Gasteiger charge is -2.20. The molecule has 0 N–H and O–H groups in total. The summed E-state index contributed by atoms with van der Waals surface area (Å²) in [4.78, 5) is 22.5. The van der Waals surface area contributed by atoms with Crippen LogP contribution in [0.4, 0.5) is 0 Å². The monoisotopic (exact) mass is 399 g/mol. The minimum Gasteiger partial charge on any atom is -0.497 e. The van der Waals surface area contributed by atoms with Crippen LogP contribution in [0.5, 0.6) is 5.75 Å². The van der Waals surface area contributed by atoms with Gasteiger partial charge in [-0.15, -0.1) is 11.3 Å². The van der Waals surface area contributed by atoms with E-state index in [-0.39, 0.29) is 5.56 Å². The lowest BCUT2D eigenvalue weighted by molar-refractivity contribution is 0.287. The number of rotatable bonds is 9. The first kappa shape index (κ1) is 20.6. The van der Waals surface area contributed by atoms with Crippen molar-refractivity contribution in [2.75, 3.05) is 26.7 Å². The van der Waals surface area contributed by atoms with Crippen LogP contribution >= 0.6 is 11.3 Å². The van der Waals surface area contributed by atoms with E-state index in [0.717, 1.165) is 53.4 Å². The fourth-order valence-electron chi connectivity index (χ4n) is 3.35. The molecule has 150 valence electrons. The Morgan fingerprint density at radius 2 is 1.86 bits per heavy atom. The van der Waals surface area contributed by atoms with E-state index in [4.69, 9.17) is 9.72 Å². The normalized spacial score (nSPS) is 11.5. The van der Waals surface area contributed by atoms with Crippen molar-refractivity contribution < 1.29 is 4.74 Å². The molecule has 0 amide bonds. The number of thiophene rings is 1. The molecule has 2 heterocycles. The van der Waals surface area contributed by atoms with Crippen LogP contribution in [0.3, 0.4) is 0 Å². The highest BCUT2D eigenvalue weighted by Gasteiger charge is 2.15. The van der Waals surface area contributed by atoms with Crippen LogP contribution in [0.25, 0.3) is 10.2 Å². The van der Waals surface area contributed by atoms with Gasteiger partial charge in [0.05, 0.1) is 12.5 Å². The van der Waals surface area contributed by atoms with Gasteiger partial charge in [-0.25, -0.2) is 4.98 Å². The van der Waals surface area contributed by atoms with Gasteiger partial charge in [-0.2, -0.15) is 0 Å². The van der Waals surface area contributed by atoms with Crippen LogP contribution in [-0.2, 0) is 19.4 Å². The number of ether oxygens (including phenoxy) is 1. The molecule has 2 aromatic heterocycles. The number of nitrogens with zero attached hydrogens (tertiary/aromatic N) is 3. The van der Waals surface area contributed by atoms with Crippen LogP contribution in [0.1, 0.15) is 37.0 Å². The topological polar surface area (TPSA) is 47.4 Å². The average molecular weight is 400 g/mol. The van der Waals surface area contributed by atoms with Gasteiger partial charge in [0.2, 0.25) is 0 Å². The minimum absolute atomic E-state index is 0.0802. The number of likely N-dealkylation sites (N-methyl/N-ethyl adjacent to an activating group) is 1. The van der Waals surface area contributed by atoms with E-state index < -0.39 is 0 Å². The van der Waals surface area contributed by atoms with Gasteiger partial charge < -0.3 is 9.64 Å². The second kappa shape index (κ2) is 9.34. The first-order chi connectivity index (χ1) is 13.6. The Morgan fingerprint density at radius 1 is 1.14 bits per heavy atom. The van der Waals surface area contributed by atoms with Crippen LogP contribution in [-0.4, -0.2) is 41.2 Å². The van der Waals surface area contributed by atoms with Gasteiger partial charge in [0.15, 0.2) is 0 Å². The number of hydrogen-bond acceptors (Lipinski definition) is 5. The number of aromatic nitrogens is 2. The summed E-state index contributed by atoms with van der Waals surface area (Å²) in [5.74, 6) is 1.66. The van der Waals surface area contributed by atoms with Crippen molar-refractivity contribution in [1.82, 2.24) is 14.5 Å². The third-order valence-corrected chi connectivity index (χ3v) is 6.36. The summed E-state index contributed by atoms with van der Waals surface area (Å²) >= 11 is 1.63. The maximum absolute atomic E-state index is 13.2. The van der Waals surface area contributed by atoms with E-state index in [1.165, 1.54) is 4.88 Å². The highest BCUT2D eigenvalue weighted by Crippen LogP contribution is 2.23. The molecular formula is C22H29N3O2S. The standard InChI is InChI=1S/C22H29N3O2S/c1-5-18-15-19-21(28-18)23-20(14-16-8-10-17(27-4)11-9-16)25(22(19)26)13-12-24(6-2)7-3/h8-11,15H,5-7,12-14H2,1-4H3. The first-order valence-corrected chi connectivity index (χ1v) is 10.8. The van der Waals surface area contributed by atoms with E-state index >= 15 is 0 Å². The summed E-state index contributed by atoms with van der Waals surface area (Å²) in [6, 6.07) is 9.99. The maximum atomic E-state index is 13.2. The summed E-state index contributed by atoms with van der Waals surface area (Å²) in [7, 11) is 1.66. The molecule has 0 aliphatic rings. The highest BCUT2D eigenvalue weighted by molar-refractivity contribution is 7.18. The van der Waals surface area contributed by atoms with Crippen LogP contribution in [0, 0.1) is 0 Å². The molecule has 0 atom stereocenters. The maximum Gasteiger partial charge on any atom is 0.262 e. The molecule has 0 spiro atoms. The third kappa shape index (κ3) is 4.45. The first-order valence-electron chi connectivity index (χ1n) is 9.96. The van der Waals surface area contributed by atoms with E-state index in [1.54, 1.807) is 18.4 Å². The Bertz CT molecular complexity index is 972. The van der Waals surface area contributed by atoms with Gasteiger partial charge >= 0.3 is 0 Å². The molecular weight excluding hydrogens is 370 g/mol. The lowest BCUT2D eigenvalue weighted by Crippen LogP contribution is -2.33. The van der Waals surface area contributed by atoms with Crippen molar-refractivity contribution in [3.63, 3.8) is 0 Å². The zero-order valence-corrected chi connectivity index (χ0v) is 18.0. The number of benzene rings is 1. The van der Waals surface area contributed by atoms with Crippen LogP contribution < -0.4 is 10.3 Å². The van der Waals surface area contributed by atoms with E-state index in [9.17, 15) is 4.79 Å². The van der Waals surface area contributed by atoms with Crippen molar-refractivity contribution in [1.29, 1.82) is 0 Å². The molecule has 0 unspecified atom stereocenters. The van der Waals surface area contributed by atoms with Gasteiger partial charge in [0.25, 0.3) is 5.56 Å².